The molecule has 0 radical (unpaired) electrons. The van der Waals surface area contributed by atoms with Gasteiger partial charge in [-0.1, -0.05) is 6.07 Å². The Morgan fingerprint density at radius 3 is 2.92 bits per heavy atom. The fourth-order valence-corrected chi connectivity index (χ4v) is 3.23. The predicted molar refractivity (Wildman–Crippen MR) is 96.9 cm³/mol. The molecule has 0 saturated carbocycles. The van der Waals surface area contributed by atoms with Gasteiger partial charge in [-0.3, -0.25) is 4.79 Å². The number of hydrogen-bond donors (Lipinski definition) is 2. The Balaban J connectivity index is 1.75. The summed E-state index contributed by atoms with van der Waals surface area (Å²) in [6.45, 7) is 2.75. The van der Waals surface area contributed by atoms with Crippen LogP contribution in [0.3, 0.4) is 0 Å². The van der Waals surface area contributed by atoms with Crippen molar-refractivity contribution in [2.45, 2.75) is 38.6 Å². The van der Waals surface area contributed by atoms with Crippen LogP contribution in [-0.2, 0) is 0 Å². The number of aliphatic hydroxyl groups excluding tert-OH is 1. The minimum Gasteiger partial charge on any atom is -0.396 e. The molecule has 2 N–H and O–H groups in total. The second kappa shape index (κ2) is 8.07. The minimum atomic E-state index is 0.0248. The Morgan fingerprint density at radius 1 is 1.28 bits per heavy atom. The molecule has 6 nitrogen and oxygen atoms in total. The van der Waals surface area contributed by atoms with Crippen molar-refractivity contribution in [3.05, 3.63) is 47.7 Å². The molecule has 25 heavy (non-hydrogen) atoms. The highest BCUT2D eigenvalue weighted by Gasteiger charge is 2.27. The first-order valence-corrected chi connectivity index (χ1v) is 8.76. The number of piperidine rings is 1. The predicted octanol–water partition coefficient (Wildman–Crippen LogP) is 2.91. The number of carbonyl (C=O) groups excluding carboxylic acids is 1. The highest BCUT2D eigenvalue weighted by atomic mass is 16.3. The summed E-state index contributed by atoms with van der Waals surface area (Å²) in [6, 6.07) is 11.3. The summed E-state index contributed by atoms with van der Waals surface area (Å²) in [5.74, 6) is 0.670. The number of anilines is 2. The number of likely N-dealkylation sites (tertiary alicyclic amines) is 1. The van der Waals surface area contributed by atoms with Crippen LogP contribution in [0.2, 0.25) is 0 Å². The summed E-state index contributed by atoms with van der Waals surface area (Å²) in [7, 11) is 0. The number of benzene rings is 1. The van der Waals surface area contributed by atoms with Gasteiger partial charge in [-0.05, 0) is 62.9 Å². The van der Waals surface area contributed by atoms with E-state index in [2.05, 4.69) is 15.5 Å². The molecule has 1 aromatic carbocycles. The summed E-state index contributed by atoms with van der Waals surface area (Å²) >= 11 is 0. The highest BCUT2D eigenvalue weighted by molar-refractivity contribution is 5.95. The molecule has 0 aliphatic carbocycles. The van der Waals surface area contributed by atoms with Gasteiger partial charge >= 0.3 is 0 Å². The third-order valence-electron chi connectivity index (χ3n) is 4.53. The SMILES string of the molecule is Cc1ccc(Nc2cccc(C(=O)N3CCCCC3CCO)c2)nn1. The summed E-state index contributed by atoms with van der Waals surface area (Å²) in [4.78, 5) is 14.8. The number of hydrogen-bond acceptors (Lipinski definition) is 5. The molecule has 1 aliphatic rings. The van der Waals surface area contributed by atoms with Crippen LogP contribution in [-0.4, -0.2) is 45.3 Å². The fourth-order valence-electron chi connectivity index (χ4n) is 3.23. The summed E-state index contributed by atoms with van der Waals surface area (Å²) in [5, 5.41) is 20.6. The van der Waals surface area contributed by atoms with E-state index in [1.54, 1.807) is 0 Å². The largest absolute Gasteiger partial charge is 0.396 e. The zero-order valence-electron chi connectivity index (χ0n) is 14.5. The van der Waals surface area contributed by atoms with E-state index in [1.165, 1.54) is 0 Å². The maximum atomic E-state index is 12.9. The highest BCUT2D eigenvalue weighted by Crippen LogP contribution is 2.23. The fraction of sp³-hybridized carbons (Fsp3) is 0.421. The Morgan fingerprint density at radius 2 is 2.16 bits per heavy atom. The maximum Gasteiger partial charge on any atom is 0.254 e. The molecule has 1 fully saturated rings. The van der Waals surface area contributed by atoms with Crippen LogP contribution >= 0.6 is 0 Å². The lowest BCUT2D eigenvalue weighted by Crippen LogP contribution is -2.44. The van der Waals surface area contributed by atoms with Crippen LogP contribution in [0, 0.1) is 6.92 Å². The van der Waals surface area contributed by atoms with Crippen LogP contribution in [0.5, 0.6) is 0 Å². The van der Waals surface area contributed by atoms with Gasteiger partial charge in [-0.25, -0.2) is 0 Å². The van der Waals surface area contributed by atoms with Crippen molar-refractivity contribution < 1.29 is 9.90 Å². The van der Waals surface area contributed by atoms with Gasteiger partial charge in [0.2, 0.25) is 0 Å². The van der Waals surface area contributed by atoms with E-state index in [1.807, 2.05) is 48.2 Å². The van der Waals surface area contributed by atoms with Crippen molar-refractivity contribution in [3.63, 3.8) is 0 Å². The molecular formula is C19H24N4O2. The summed E-state index contributed by atoms with van der Waals surface area (Å²) in [6.07, 6.45) is 3.73. The van der Waals surface area contributed by atoms with E-state index < -0.39 is 0 Å². The molecule has 1 saturated heterocycles. The van der Waals surface area contributed by atoms with Crippen LogP contribution in [0.15, 0.2) is 36.4 Å². The number of aliphatic hydroxyl groups is 1. The molecule has 0 spiro atoms. The zero-order valence-corrected chi connectivity index (χ0v) is 14.5. The van der Waals surface area contributed by atoms with Gasteiger partial charge in [0.05, 0.1) is 5.69 Å². The second-order valence-corrected chi connectivity index (χ2v) is 6.43. The third kappa shape index (κ3) is 4.33. The van der Waals surface area contributed by atoms with Gasteiger partial charge in [0.15, 0.2) is 5.82 Å². The van der Waals surface area contributed by atoms with E-state index >= 15 is 0 Å². The first kappa shape index (κ1) is 17.4. The Labute approximate surface area is 147 Å². The Kier molecular flexibility index (Phi) is 5.60. The van der Waals surface area contributed by atoms with Crippen molar-refractivity contribution >= 4 is 17.4 Å². The molecule has 1 amide bonds. The summed E-state index contributed by atoms with van der Waals surface area (Å²) in [5.41, 5.74) is 2.31. The van der Waals surface area contributed by atoms with Gasteiger partial charge in [-0.15, -0.1) is 5.10 Å². The molecule has 1 aromatic heterocycles. The van der Waals surface area contributed by atoms with Gasteiger partial charge in [-0.2, -0.15) is 5.10 Å². The average molecular weight is 340 g/mol. The number of aromatic nitrogens is 2. The molecule has 2 aromatic rings. The number of aryl methyl sites for hydroxylation is 1. The van der Waals surface area contributed by atoms with E-state index in [9.17, 15) is 9.90 Å². The molecule has 0 bridgehead atoms. The van der Waals surface area contributed by atoms with E-state index in [0.717, 1.165) is 37.2 Å². The lowest BCUT2D eigenvalue weighted by Gasteiger charge is -2.35. The monoisotopic (exact) mass is 340 g/mol. The second-order valence-electron chi connectivity index (χ2n) is 6.43. The number of nitrogens with one attached hydrogen (secondary N) is 1. The number of nitrogens with zero attached hydrogens (tertiary/aromatic N) is 3. The van der Waals surface area contributed by atoms with Crippen molar-refractivity contribution in [3.8, 4) is 0 Å². The molecule has 6 heteroatoms. The maximum absolute atomic E-state index is 12.9. The van der Waals surface area contributed by atoms with E-state index in [0.29, 0.717) is 17.8 Å². The van der Waals surface area contributed by atoms with Crippen LogP contribution < -0.4 is 5.32 Å². The number of amides is 1. The first-order valence-electron chi connectivity index (χ1n) is 8.76. The van der Waals surface area contributed by atoms with Crippen LogP contribution in [0.4, 0.5) is 11.5 Å². The van der Waals surface area contributed by atoms with Crippen molar-refractivity contribution in [1.82, 2.24) is 15.1 Å². The van der Waals surface area contributed by atoms with E-state index in [4.69, 9.17) is 0 Å². The first-order chi connectivity index (χ1) is 12.2. The normalized spacial score (nSPS) is 17.4. The Hall–Kier alpha value is -2.47. The zero-order chi connectivity index (χ0) is 17.6. The molecule has 1 unspecified atom stereocenters. The van der Waals surface area contributed by atoms with Gasteiger partial charge in [0.1, 0.15) is 0 Å². The lowest BCUT2D eigenvalue weighted by atomic mass is 9.98. The molecule has 1 atom stereocenters. The quantitative estimate of drug-likeness (QED) is 0.875. The standard InChI is InChI=1S/C19H24N4O2/c1-14-8-9-18(22-21-14)20-16-6-4-5-15(13-16)19(25)23-11-3-2-7-17(23)10-12-24/h4-6,8-9,13,17,24H,2-3,7,10-12H2,1H3,(H,20,22). The third-order valence-corrected chi connectivity index (χ3v) is 4.53. The molecular weight excluding hydrogens is 316 g/mol. The molecule has 1 aliphatic heterocycles. The molecule has 3 rings (SSSR count). The molecule has 132 valence electrons. The molecule has 2 heterocycles. The smallest absolute Gasteiger partial charge is 0.254 e. The van der Waals surface area contributed by atoms with E-state index in [-0.39, 0.29) is 18.6 Å². The Bertz CT molecular complexity index is 716. The van der Waals surface area contributed by atoms with Crippen molar-refractivity contribution in [2.75, 3.05) is 18.5 Å². The van der Waals surface area contributed by atoms with Gasteiger partial charge < -0.3 is 15.3 Å². The van der Waals surface area contributed by atoms with Crippen LogP contribution in [0.25, 0.3) is 0 Å². The number of rotatable bonds is 5. The van der Waals surface area contributed by atoms with Crippen molar-refractivity contribution in [1.29, 1.82) is 0 Å². The topological polar surface area (TPSA) is 78.4 Å². The van der Waals surface area contributed by atoms with Gasteiger partial charge in [0.25, 0.3) is 5.91 Å². The lowest BCUT2D eigenvalue weighted by molar-refractivity contribution is 0.0574. The summed E-state index contributed by atoms with van der Waals surface area (Å²) < 4.78 is 0. The van der Waals surface area contributed by atoms with Crippen molar-refractivity contribution in [2.24, 2.45) is 0 Å². The van der Waals surface area contributed by atoms with Crippen LogP contribution in [0.1, 0.15) is 41.7 Å². The average Bonchev–Trinajstić information content (AvgIpc) is 2.64. The van der Waals surface area contributed by atoms with Gasteiger partial charge in [0, 0.05) is 30.4 Å². The minimum absolute atomic E-state index is 0.0248. The number of carbonyl (C=O) groups is 1.